The summed E-state index contributed by atoms with van der Waals surface area (Å²) in [6, 6.07) is 6.27. The largest absolute Gasteiger partial charge is 0.493 e. The Morgan fingerprint density at radius 2 is 1.89 bits per heavy atom. The molecule has 0 spiro atoms. The number of ether oxygens (including phenoxy) is 3. The summed E-state index contributed by atoms with van der Waals surface area (Å²) < 4.78 is 16.4. The average molecular weight is 380 g/mol. The van der Waals surface area contributed by atoms with E-state index in [1.807, 2.05) is 6.92 Å². The molecular weight excluding hydrogens is 342 g/mol. The van der Waals surface area contributed by atoms with Crippen molar-refractivity contribution in [3.63, 3.8) is 0 Å². The monoisotopic (exact) mass is 379 g/mol. The molecule has 154 valence electrons. The van der Waals surface area contributed by atoms with Crippen molar-refractivity contribution in [1.82, 2.24) is 10.6 Å². The number of aliphatic imine (C=N–C) groups is 1. The molecule has 2 N–H and O–H groups in total. The minimum atomic E-state index is 0.578. The van der Waals surface area contributed by atoms with E-state index in [1.165, 1.54) is 5.56 Å². The number of hydrogen-bond acceptors (Lipinski definition) is 4. The zero-order valence-electron chi connectivity index (χ0n) is 17.5. The van der Waals surface area contributed by atoms with Crippen LogP contribution in [-0.2, 0) is 16.0 Å². The molecule has 0 aliphatic carbocycles. The van der Waals surface area contributed by atoms with E-state index < -0.39 is 0 Å². The van der Waals surface area contributed by atoms with Crippen LogP contribution in [0, 0.1) is 6.92 Å². The van der Waals surface area contributed by atoms with Crippen LogP contribution in [-0.4, -0.2) is 52.6 Å². The number of rotatable bonds is 14. The van der Waals surface area contributed by atoms with Crippen LogP contribution in [0.3, 0.4) is 0 Å². The third-order valence-corrected chi connectivity index (χ3v) is 3.94. The molecule has 0 saturated carbocycles. The van der Waals surface area contributed by atoms with Gasteiger partial charge in [0.2, 0.25) is 0 Å². The molecule has 0 unspecified atom stereocenters. The summed E-state index contributed by atoms with van der Waals surface area (Å²) in [5.74, 6) is 1.74. The lowest BCUT2D eigenvalue weighted by molar-refractivity contribution is 0.143. The molecule has 1 aromatic rings. The summed E-state index contributed by atoms with van der Waals surface area (Å²) >= 11 is 0. The molecule has 6 heteroatoms. The van der Waals surface area contributed by atoms with Crippen molar-refractivity contribution in [2.45, 2.75) is 46.6 Å². The van der Waals surface area contributed by atoms with Crippen LogP contribution in [0.1, 0.15) is 44.2 Å². The van der Waals surface area contributed by atoms with Crippen molar-refractivity contribution in [2.24, 2.45) is 4.99 Å². The van der Waals surface area contributed by atoms with Gasteiger partial charge >= 0.3 is 0 Å². The van der Waals surface area contributed by atoms with Gasteiger partial charge < -0.3 is 24.8 Å². The van der Waals surface area contributed by atoms with E-state index in [1.54, 1.807) is 7.11 Å². The van der Waals surface area contributed by atoms with Crippen molar-refractivity contribution in [3.05, 3.63) is 29.3 Å². The molecule has 0 aromatic heterocycles. The highest BCUT2D eigenvalue weighted by atomic mass is 16.5. The summed E-state index contributed by atoms with van der Waals surface area (Å²) in [6.07, 6.45) is 2.99. The van der Waals surface area contributed by atoms with E-state index in [0.717, 1.165) is 62.8 Å². The maximum atomic E-state index is 5.94. The fourth-order valence-corrected chi connectivity index (χ4v) is 2.50. The summed E-state index contributed by atoms with van der Waals surface area (Å²) in [6.45, 7) is 11.4. The first-order chi connectivity index (χ1) is 13.2. The number of aryl methyl sites for hydroxylation is 1. The summed E-state index contributed by atoms with van der Waals surface area (Å²) in [5, 5.41) is 6.68. The van der Waals surface area contributed by atoms with E-state index in [4.69, 9.17) is 19.2 Å². The lowest BCUT2D eigenvalue weighted by Gasteiger charge is -2.14. The highest BCUT2D eigenvalue weighted by Crippen LogP contribution is 2.21. The smallest absolute Gasteiger partial charge is 0.191 e. The van der Waals surface area contributed by atoms with E-state index >= 15 is 0 Å². The van der Waals surface area contributed by atoms with Gasteiger partial charge in [-0.2, -0.15) is 0 Å². The first-order valence-electron chi connectivity index (χ1n) is 10.0. The lowest BCUT2D eigenvalue weighted by atomic mass is 10.1. The molecule has 0 aliphatic heterocycles. The summed E-state index contributed by atoms with van der Waals surface area (Å²) in [5.41, 5.74) is 2.27. The Kier molecular flexibility index (Phi) is 13.2. The van der Waals surface area contributed by atoms with Gasteiger partial charge in [-0.3, -0.25) is 0 Å². The van der Waals surface area contributed by atoms with Gasteiger partial charge in [0.25, 0.3) is 0 Å². The lowest BCUT2D eigenvalue weighted by Crippen LogP contribution is -2.37. The quantitative estimate of drug-likeness (QED) is 0.295. The normalized spacial score (nSPS) is 11.5. The number of methoxy groups -OCH3 is 1. The Bertz CT molecular complexity index is 535. The topological polar surface area (TPSA) is 64.1 Å². The third-order valence-electron chi connectivity index (χ3n) is 3.94. The van der Waals surface area contributed by atoms with Gasteiger partial charge in [0.05, 0.1) is 13.2 Å². The Labute approximate surface area is 164 Å². The first-order valence-corrected chi connectivity index (χ1v) is 10.0. The van der Waals surface area contributed by atoms with Crippen molar-refractivity contribution >= 4 is 5.96 Å². The molecule has 6 nitrogen and oxygen atoms in total. The van der Waals surface area contributed by atoms with Crippen molar-refractivity contribution in [3.8, 4) is 5.75 Å². The predicted molar refractivity (Wildman–Crippen MR) is 112 cm³/mol. The molecule has 0 amide bonds. The van der Waals surface area contributed by atoms with Gasteiger partial charge in [-0.15, -0.1) is 0 Å². The average Bonchev–Trinajstić information content (AvgIpc) is 2.67. The van der Waals surface area contributed by atoms with Crippen LogP contribution in [0.5, 0.6) is 5.75 Å². The molecule has 1 rings (SSSR count). The fourth-order valence-electron chi connectivity index (χ4n) is 2.50. The second-order valence-electron chi connectivity index (χ2n) is 6.33. The van der Waals surface area contributed by atoms with Gasteiger partial charge in [0.15, 0.2) is 5.96 Å². The molecule has 0 atom stereocenters. The second-order valence-corrected chi connectivity index (χ2v) is 6.33. The van der Waals surface area contributed by atoms with Gasteiger partial charge in [0, 0.05) is 52.0 Å². The molecule has 0 heterocycles. The van der Waals surface area contributed by atoms with E-state index in [2.05, 4.69) is 42.7 Å². The van der Waals surface area contributed by atoms with Crippen molar-refractivity contribution in [1.29, 1.82) is 0 Å². The molecule has 0 saturated heterocycles. The number of benzene rings is 1. The van der Waals surface area contributed by atoms with Gasteiger partial charge in [0.1, 0.15) is 5.75 Å². The van der Waals surface area contributed by atoms with E-state index in [-0.39, 0.29) is 0 Å². The Morgan fingerprint density at radius 1 is 1.04 bits per heavy atom. The molecular formula is C21H37N3O3. The minimum absolute atomic E-state index is 0.578. The standard InChI is InChI=1S/C21H37N3O3/c1-5-22-21(23-12-7-8-14-26-6-2)24-17-19-11-10-18(3)16-20(19)27-15-9-13-25-4/h10-11,16H,5-9,12-15,17H2,1-4H3,(H2,22,23,24). The summed E-state index contributed by atoms with van der Waals surface area (Å²) in [7, 11) is 1.71. The molecule has 27 heavy (non-hydrogen) atoms. The predicted octanol–water partition coefficient (Wildman–Crippen LogP) is 3.28. The number of unbranched alkanes of at least 4 members (excludes halogenated alkanes) is 1. The Morgan fingerprint density at radius 3 is 2.63 bits per heavy atom. The number of nitrogens with one attached hydrogen (secondary N) is 2. The second kappa shape index (κ2) is 15.3. The zero-order chi connectivity index (χ0) is 19.7. The number of hydrogen-bond donors (Lipinski definition) is 2. The number of guanidine groups is 1. The van der Waals surface area contributed by atoms with Crippen LogP contribution in [0.25, 0.3) is 0 Å². The first kappa shape index (κ1) is 23.2. The van der Waals surface area contributed by atoms with Crippen LogP contribution in [0.15, 0.2) is 23.2 Å². The maximum Gasteiger partial charge on any atom is 0.191 e. The van der Waals surface area contributed by atoms with E-state index in [0.29, 0.717) is 19.8 Å². The van der Waals surface area contributed by atoms with Gasteiger partial charge in [-0.05, 0) is 45.2 Å². The van der Waals surface area contributed by atoms with Crippen LogP contribution >= 0.6 is 0 Å². The Balaban J connectivity index is 2.58. The van der Waals surface area contributed by atoms with Crippen LogP contribution < -0.4 is 15.4 Å². The molecule has 1 aromatic carbocycles. The highest BCUT2D eigenvalue weighted by Gasteiger charge is 2.05. The van der Waals surface area contributed by atoms with Crippen molar-refractivity contribution in [2.75, 3.05) is 46.6 Å². The third kappa shape index (κ3) is 10.8. The maximum absolute atomic E-state index is 5.94. The molecule has 0 bridgehead atoms. The minimum Gasteiger partial charge on any atom is -0.493 e. The fraction of sp³-hybridized carbons (Fsp3) is 0.667. The van der Waals surface area contributed by atoms with E-state index in [9.17, 15) is 0 Å². The van der Waals surface area contributed by atoms with Gasteiger partial charge in [-0.25, -0.2) is 4.99 Å². The van der Waals surface area contributed by atoms with Gasteiger partial charge in [-0.1, -0.05) is 12.1 Å². The zero-order valence-corrected chi connectivity index (χ0v) is 17.5. The highest BCUT2D eigenvalue weighted by molar-refractivity contribution is 5.79. The van der Waals surface area contributed by atoms with Crippen LogP contribution in [0.2, 0.25) is 0 Å². The number of nitrogens with zero attached hydrogens (tertiary/aromatic N) is 1. The molecule has 0 radical (unpaired) electrons. The molecule has 0 fully saturated rings. The Hall–Kier alpha value is -1.79. The van der Waals surface area contributed by atoms with Crippen molar-refractivity contribution < 1.29 is 14.2 Å². The molecule has 0 aliphatic rings. The summed E-state index contributed by atoms with van der Waals surface area (Å²) in [4.78, 5) is 4.71. The van der Waals surface area contributed by atoms with Crippen LogP contribution in [0.4, 0.5) is 0 Å². The SMILES string of the molecule is CCNC(=NCc1ccc(C)cc1OCCCOC)NCCCCOCC.